The number of ether oxygens (including phenoxy) is 3. The van der Waals surface area contributed by atoms with Crippen LogP contribution in [0.5, 0.6) is 17.2 Å². The Bertz CT molecular complexity index is 2070. The number of nitro groups is 2. The van der Waals surface area contributed by atoms with Crippen LogP contribution in [0.15, 0.2) is 86.2 Å². The predicted molar refractivity (Wildman–Crippen MR) is 167 cm³/mol. The minimum Gasteiger partial charge on any atom is -0.493 e. The van der Waals surface area contributed by atoms with Crippen molar-refractivity contribution in [3.63, 3.8) is 0 Å². The second-order valence-electron chi connectivity index (χ2n) is 9.50. The minimum absolute atomic E-state index is 0.0763. The Kier molecular flexibility index (Phi) is 8.92. The van der Waals surface area contributed by atoms with Gasteiger partial charge < -0.3 is 14.2 Å². The van der Waals surface area contributed by atoms with Crippen LogP contribution in [0.3, 0.4) is 0 Å². The van der Waals surface area contributed by atoms with Crippen molar-refractivity contribution in [3.05, 3.63) is 127 Å². The van der Waals surface area contributed by atoms with Gasteiger partial charge in [0.25, 0.3) is 11.2 Å². The Hall–Kier alpha value is -5.15. The Morgan fingerprint density at radius 2 is 1.80 bits per heavy atom. The van der Waals surface area contributed by atoms with Gasteiger partial charge in [0, 0.05) is 6.07 Å². The lowest BCUT2D eigenvalue weighted by Gasteiger charge is -2.25. The van der Waals surface area contributed by atoms with E-state index in [1.807, 2.05) is 37.3 Å². The third kappa shape index (κ3) is 5.99. The van der Waals surface area contributed by atoms with E-state index in [9.17, 15) is 29.8 Å². The van der Waals surface area contributed by atoms with Crippen LogP contribution in [0, 0.1) is 20.2 Å². The summed E-state index contributed by atoms with van der Waals surface area (Å²) in [6.45, 7) is 1.87. The van der Waals surface area contributed by atoms with Gasteiger partial charge in [0.2, 0.25) is 5.75 Å². The summed E-state index contributed by atoms with van der Waals surface area (Å²) >= 11 is 4.57. The number of carbonyl (C=O) groups is 1. The Labute approximate surface area is 266 Å². The molecule has 0 saturated heterocycles. The zero-order chi connectivity index (χ0) is 32.4. The van der Waals surface area contributed by atoms with Gasteiger partial charge in [-0.15, -0.1) is 0 Å². The molecule has 15 heteroatoms. The molecule has 1 aliphatic rings. The highest BCUT2D eigenvalue weighted by Gasteiger charge is 2.33. The van der Waals surface area contributed by atoms with E-state index < -0.39 is 33.2 Å². The van der Waals surface area contributed by atoms with Crippen LogP contribution in [-0.4, -0.2) is 34.6 Å². The predicted octanol–water partition coefficient (Wildman–Crippen LogP) is 5.18. The molecule has 4 aromatic rings. The summed E-state index contributed by atoms with van der Waals surface area (Å²) in [4.78, 5) is 53.1. The molecular weight excluding hydrogens is 672 g/mol. The summed E-state index contributed by atoms with van der Waals surface area (Å²) in [7, 11) is 2.66. The van der Waals surface area contributed by atoms with E-state index in [-0.39, 0.29) is 28.4 Å². The first-order valence-electron chi connectivity index (χ1n) is 13.2. The number of fused-ring (bicyclic) bond motifs is 1. The van der Waals surface area contributed by atoms with Crippen LogP contribution in [0.1, 0.15) is 30.5 Å². The lowest BCUT2D eigenvalue weighted by molar-refractivity contribution is -0.394. The van der Waals surface area contributed by atoms with Crippen LogP contribution in [0.25, 0.3) is 6.08 Å². The molecule has 13 nitrogen and oxygen atoms in total. The molecule has 5 rings (SSSR count). The number of non-ortho nitro benzene ring substituents is 1. The molecule has 0 spiro atoms. The number of benzene rings is 3. The smallest absolute Gasteiger partial charge is 0.338 e. The number of esters is 1. The fourth-order valence-electron chi connectivity index (χ4n) is 4.85. The number of methoxy groups -OCH3 is 2. The van der Waals surface area contributed by atoms with E-state index in [2.05, 4.69) is 20.9 Å². The van der Waals surface area contributed by atoms with Gasteiger partial charge in [0.15, 0.2) is 16.3 Å². The normalized spacial score (nSPS) is 14.4. The highest BCUT2D eigenvalue weighted by Crippen LogP contribution is 2.43. The first-order valence-corrected chi connectivity index (χ1v) is 14.8. The average Bonchev–Trinajstić information content (AvgIpc) is 3.34. The van der Waals surface area contributed by atoms with Crippen LogP contribution in [-0.2, 0) is 9.53 Å². The zero-order valence-electron chi connectivity index (χ0n) is 23.9. The van der Waals surface area contributed by atoms with Crippen LogP contribution < -0.4 is 24.4 Å². The lowest BCUT2D eigenvalue weighted by atomic mass is 9.95. The van der Waals surface area contributed by atoms with E-state index >= 15 is 0 Å². The van der Waals surface area contributed by atoms with Gasteiger partial charge in [-0.2, -0.15) is 0 Å². The molecule has 0 unspecified atom stereocenters. The average molecular weight is 696 g/mol. The van der Waals surface area contributed by atoms with Crippen LogP contribution in [0.2, 0.25) is 0 Å². The Morgan fingerprint density at radius 3 is 2.42 bits per heavy atom. The van der Waals surface area contributed by atoms with Gasteiger partial charge >= 0.3 is 11.7 Å². The van der Waals surface area contributed by atoms with Crippen molar-refractivity contribution in [2.75, 3.05) is 14.2 Å². The maximum Gasteiger partial charge on any atom is 0.338 e. The lowest BCUT2D eigenvalue weighted by Crippen LogP contribution is -2.40. The second kappa shape index (κ2) is 12.8. The summed E-state index contributed by atoms with van der Waals surface area (Å²) < 4.78 is 18.5. The molecule has 1 atom stereocenters. The summed E-state index contributed by atoms with van der Waals surface area (Å²) in [6.07, 6.45) is 2.07. The number of nitro benzene ring substituents is 2. The molecule has 0 amide bonds. The Morgan fingerprint density at radius 1 is 1.07 bits per heavy atom. The monoisotopic (exact) mass is 694 g/mol. The van der Waals surface area contributed by atoms with E-state index in [0.29, 0.717) is 31.5 Å². The molecule has 0 fully saturated rings. The summed E-state index contributed by atoms with van der Waals surface area (Å²) in [5, 5.41) is 22.7. The summed E-state index contributed by atoms with van der Waals surface area (Å²) in [5.74, 6) is -0.567. The van der Waals surface area contributed by atoms with Crippen molar-refractivity contribution in [1.29, 1.82) is 0 Å². The molecule has 3 aromatic carbocycles. The van der Waals surface area contributed by atoms with Gasteiger partial charge in [-0.1, -0.05) is 48.6 Å². The molecular formula is C30H23BrN4O9S. The first-order chi connectivity index (χ1) is 21.6. The molecule has 2 heterocycles. The third-order valence-electron chi connectivity index (χ3n) is 6.88. The molecule has 0 saturated carbocycles. The molecule has 0 N–H and O–H groups in total. The topological polar surface area (TPSA) is 165 Å². The number of rotatable bonds is 9. The number of hydrogen-bond acceptors (Lipinski definition) is 11. The number of carbonyl (C=O) groups excluding carboxylic acids is 1. The highest BCUT2D eigenvalue weighted by atomic mass is 79.9. The molecule has 1 aliphatic heterocycles. The standard InChI is InChI=1S/C30H23BrN4O9S/c1-4-20-25(29(37)43-3)26(17-8-6-5-7-9-17)33-28(36)24(45-30(33)32-20)14-16-12-19(31)27(23(13-16)42-2)44-22-11-10-18(34(38)39)15-21(22)35(40)41/h5-15,26H,4H2,1-3H3/b24-14-/t26-/m1/s1. The van der Waals surface area contributed by atoms with Crippen molar-refractivity contribution in [3.8, 4) is 17.2 Å². The van der Waals surface area contributed by atoms with Crippen molar-refractivity contribution >= 4 is 50.7 Å². The molecule has 1 aromatic heterocycles. The van der Waals surface area contributed by atoms with E-state index in [1.165, 1.54) is 18.8 Å². The molecule has 0 aliphatic carbocycles. The fraction of sp³-hybridized carbons (Fsp3) is 0.167. The van der Waals surface area contributed by atoms with Gasteiger partial charge in [-0.3, -0.25) is 29.6 Å². The van der Waals surface area contributed by atoms with Crippen LogP contribution in [0.4, 0.5) is 11.4 Å². The van der Waals surface area contributed by atoms with Crippen molar-refractivity contribution in [2.45, 2.75) is 19.4 Å². The molecule has 45 heavy (non-hydrogen) atoms. The van der Waals surface area contributed by atoms with E-state index in [1.54, 1.807) is 18.2 Å². The minimum atomic E-state index is -0.783. The van der Waals surface area contributed by atoms with Crippen molar-refractivity contribution in [1.82, 2.24) is 4.57 Å². The maximum atomic E-state index is 13.9. The maximum absolute atomic E-state index is 13.9. The van der Waals surface area contributed by atoms with Gasteiger partial charge in [0.1, 0.15) is 0 Å². The number of allylic oxidation sites excluding steroid dienone is 1. The SMILES string of the molecule is CCC1=C(C(=O)OC)[C@@H](c2ccccc2)n2c(s/c(=C\c3cc(Br)c(Oc4ccc([N+](=O)[O-])cc4[N+](=O)[O-])c(OC)c3)c2=O)=N1. The first kappa shape index (κ1) is 31.3. The zero-order valence-corrected chi connectivity index (χ0v) is 26.3. The van der Waals surface area contributed by atoms with Crippen LogP contribution >= 0.6 is 27.3 Å². The summed E-state index contributed by atoms with van der Waals surface area (Å²) in [5.41, 5.74) is 0.615. The molecule has 230 valence electrons. The van der Waals surface area contributed by atoms with E-state index in [4.69, 9.17) is 14.2 Å². The number of hydrogen-bond donors (Lipinski definition) is 0. The summed E-state index contributed by atoms with van der Waals surface area (Å²) in [6, 6.07) is 14.6. The Balaban J connectivity index is 1.62. The number of aromatic nitrogens is 1. The third-order valence-corrected chi connectivity index (χ3v) is 8.45. The van der Waals surface area contributed by atoms with Gasteiger partial charge in [-0.25, -0.2) is 9.79 Å². The highest BCUT2D eigenvalue weighted by molar-refractivity contribution is 9.10. The van der Waals surface area contributed by atoms with Gasteiger partial charge in [-0.05, 0) is 57.8 Å². The molecule has 0 radical (unpaired) electrons. The largest absolute Gasteiger partial charge is 0.493 e. The number of thiazole rings is 1. The van der Waals surface area contributed by atoms with Crippen molar-refractivity contribution in [2.24, 2.45) is 4.99 Å². The van der Waals surface area contributed by atoms with Gasteiger partial charge in [0.05, 0.1) is 56.4 Å². The quantitative estimate of drug-likeness (QED) is 0.130. The number of nitrogens with zero attached hydrogens (tertiary/aromatic N) is 4. The van der Waals surface area contributed by atoms with Crippen molar-refractivity contribution < 1.29 is 28.9 Å². The fourth-order valence-corrected chi connectivity index (χ4v) is 6.41. The van der Waals surface area contributed by atoms with E-state index in [0.717, 1.165) is 35.1 Å². The number of halogens is 1. The second-order valence-corrected chi connectivity index (χ2v) is 11.4. The molecule has 0 bridgehead atoms.